The van der Waals surface area contributed by atoms with E-state index in [-0.39, 0.29) is 77.9 Å². The minimum Gasteiger partial charge on any atom is -0.508 e. The fourth-order valence-corrected chi connectivity index (χ4v) is 11.6. The predicted molar refractivity (Wildman–Crippen MR) is 293 cm³/mol. The second-order valence-corrected chi connectivity index (χ2v) is 21.0. The van der Waals surface area contributed by atoms with Gasteiger partial charge in [-0.05, 0) is 73.2 Å². The fraction of sp³-hybridized carbons (Fsp3) is 0.404. The molecule has 400 valence electrons. The van der Waals surface area contributed by atoms with Crippen LogP contribution in [0.3, 0.4) is 0 Å². The number of phenolic OH excluding ortho intramolecular Hbond substituents is 2. The SMILES string of the molecule is C=CC(=O)N1CCN(c2nc(OC[C@@H]3C[C@H](C(=O)N4CCN(CCNC(=O)c5nnc(-c6cc(C(C)C)c(O)cc6O)n5-c5ccccc5)CC4)CN3C)nc3c2CCN(c2cccc4cccc(Cl)c24)C3)C[C@@H]1CC#N. The first kappa shape index (κ1) is 52.6. The first-order valence-electron chi connectivity index (χ1n) is 26.4. The number of carbonyl (C=O) groups excluding carboxylic acids is 3. The molecule has 0 aliphatic carbocycles. The van der Waals surface area contributed by atoms with E-state index in [9.17, 15) is 29.9 Å². The van der Waals surface area contributed by atoms with E-state index in [4.69, 9.17) is 26.3 Å². The summed E-state index contributed by atoms with van der Waals surface area (Å²) in [6.45, 7) is 14.3. The van der Waals surface area contributed by atoms with Gasteiger partial charge in [-0.15, -0.1) is 10.2 Å². The number of aromatic nitrogens is 5. The number of hydrogen-bond donors (Lipinski definition) is 3. The van der Waals surface area contributed by atoms with Gasteiger partial charge in [-0.25, -0.2) is 0 Å². The van der Waals surface area contributed by atoms with E-state index < -0.39 is 5.91 Å². The summed E-state index contributed by atoms with van der Waals surface area (Å²) in [4.78, 5) is 63.3. The highest BCUT2D eigenvalue weighted by Gasteiger charge is 2.39. The maximum absolute atomic E-state index is 14.1. The average molecular weight is 1060 g/mol. The molecule has 0 spiro atoms. The zero-order valence-corrected chi connectivity index (χ0v) is 44.4. The molecular weight excluding hydrogens is 998 g/mol. The Bertz CT molecular complexity index is 3220. The van der Waals surface area contributed by atoms with Crippen molar-refractivity contribution in [2.45, 2.75) is 57.7 Å². The van der Waals surface area contributed by atoms with Crippen LogP contribution < -0.4 is 19.9 Å². The molecule has 20 heteroatoms. The summed E-state index contributed by atoms with van der Waals surface area (Å²) in [6, 6.07) is 26.4. The summed E-state index contributed by atoms with van der Waals surface area (Å²) in [5.41, 5.74) is 4.48. The molecule has 4 aromatic carbocycles. The Morgan fingerprint density at radius 2 is 1.69 bits per heavy atom. The second kappa shape index (κ2) is 22.8. The van der Waals surface area contributed by atoms with E-state index >= 15 is 0 Å². The molecule has 2 aromatic heterocycles. The number of fused-ring (bicyclic) bond motifs is 2. The van der Waals surface area contributed by atoms with Crippen molar-refractivity contribution in [3.63, 3.8) is 0 Å². The molecule has 3 atom stereocenters. The van der Waals surface area contributed by atoms with Gasteiger partial charge in [0.1, 0.15) is 23.9 Å². The smallest absolute Gasteiger partial charge is 0.318 e. The Labute approximate surface area is 452 Å². The number of para-hydroxylation sites is 1. The molecule has 4 aliphatic heterocycles. The molecule has 0 unspecified atom stereocenters. The van der Waals surface area contributed by atoms with E-state index in [1.165, 1.54) is 12.1 Å². The summed E-state index contributed by atoms with van der Waals surface area (Å²) in [6.07, 6.45) is 2.75. The third-order valence-electron chi connectivity index (χ3n) is 15.5. The van der Waals surface area contributed by atoms with Crippen molar-refractivity contribution >= 4 is 51.6 Å². The summed E-state index contributed by atoms with van der Waals surface area (Å²) in [5, 5.41) is 45.5. The number of nitriles is 1. The first-order chi connectivity index (χ1) is 37.3. The number of halogens is 1. The van der Waals surface area contributed by atoms with Gasteiger partial charge in [-0.2, -0.15) is 15.2 Å². The van der Waals surface area contributed by atoms with Crippen LogP contribution in [0.25, 0.3) is 27.8 Å². The van der Waals surface area contributed by atoms with Gasteiger partial charge < -0.3 is 39.9 Å². The Morgan fingerprint density at radius 1 is 0.909 bits per heavy atom. The van der Waals surface area contributed by atoms with Crippen LogP contribution in [0.2, 0.25) is 5.02 Å². The van der Waals surface area contributed by atoms with Gasteiger partial charge in [-0.3, -0.25) is 28.8 Å². The van der Waals surface area contributed by atoms with E-state index in [2.05, 4.69) is 66.0 Å². The predicted octanol–water partition coefficient (Wildman–Crippen LogP) is 6.02. The number of anilines is 2. The van der Waals surface area contributed by atoms with Gasteiger partial charge in [0.05, 0.1) is 47.3 Å². The summed E-state index contributed by atoms with van der Waals surface area (Å²) in [5.74, 6) is 0.109. The number of likely N-dealkylation sites (tertiary alicyclic amines) is 1. The highest BCUT2D eigenvalue weighted by atomic mass is 35.5. The van der Waals surface area contributed by atoms with Crippen molar-refractivity contribution in [1.82, 2.24) is 49.6 Å². The molecular formula is C57H64ClN13O6. The number of phenols is 2. The Kier molecular flexibility index (Phi) is 15.6. The third kappa shape index (κ3) is 11.0. The van der Waals surface area contributed by atoms with Crippen LogP contribution in [0, 0.1) is 17.2 Å². The molecule has 0 saturated carbocycles. The Balaban J connectivity index is 0.767. The van der Waals surface area contributed by atoms with Crippen molar-refractivity contribution in [3.05, 3.63) is 119 Å². The lowest BCUT2D eigenvalue weighted by molar-refractivity contribution is -0.137. The van der Waals surface area contributed by atoms with Crippen LogP contribution in [0.1, 0.15) is 60.0 Å². The van der Waals surface area contributed by atoms with Gasteiger partial charge in [0.15, 0.2) is 5.82 Å². The van der Waals surface area contributed by atoms with Crippen LogP contribution in [0.5, 0.6) is 17.5 Å². The Morgan fingerprint density at radius 3 is 2.44 bits per heavy atom. The number of likely N-dealkylation sites (N-methyl/N-ethyl adjacent to an activating group) is 1. The van der Waals surface area contributed by atoms with Crippen LogP contribution in [0.4, 0.5) is 11.5 Å². The number of hydrogen-bond acceptors (Lipinski definition) is 15. The molecule has 3 saturated heterocycles. The quantitative estimate of drug-likeness (QED) is 0.100. The van der Waals surface area contributed by atoms with Gasteiger partial charge in [0.25, 0.3) is 5.91 Å². The largest absolute Gasteiger partial charge is 0.508 e. The molecule has 4 aliphatic rings. The standard InChI is InChI=1S/C57H64ClN13O6/c1-5-50(74)70-28-27-69(33-40(70)17-19-59)52-42-18-21-68(47-16-10-12-37-11-9-15-45(58)51(37)47)34-46(42)61-57(62-52)77-35-41-29-38(32-65(41)4)56(76)67-25-23-66(24-26-67)22-20-60-55(75)54-64-63-53(71(54)39-13-7-6-8-14-39)44-30-43(36(2)3)48(72)31-49(44)73/h5-16,30-31,36,38,40-41,72-73H,1,17-18,20-29,32-35H2,2-4H3,(H,60,75)/t38-,40-,41-/m0/s1. The lowest BCUT2D eigenvalue weighted by atomic mass is 9.98. The summed E-state index contributed by atoms with van der Waals surface area (Å²) in [7, 11) is 2.02. The maximum Gasteiger partial charge on any atom is 0.318 e. The molecule has 0 bridgehead atoms. The Hall–Kier alpha value is -7.79. The fourth-order valence-electron chi connectivity index (χ4n) is 11.3. The van der Waals surface area contributed by atoms with E-state index in [0.717, 1.165) is 33.5 Å². The van der Waals surface area contributed by atoms with Gasteiger partial charge in [0.2, 0.25) is 17.6 Å². The summed E-state index contributed by atoms with van der Waals surface area (Å²) < 4.78 is 8.14. The van der Waals surface area contributed by atoms with Crippen LogP contribution in [0.15, 0.2) is 91.5 Å². The monoisotopic (exact) mass is 1060 g/mol. The first-order valence-corrected chi connectivity index (χ1v) is 26.7. The number of piperazine rings is 2. The number of ether oxygens (including phenoxy) is 1. The van der Waals surface area contributed by atoms with E-state index in [1.54, 1.807) is 15.5 Å². The zero-order chi connectivity index (χ0) is 53.9. The highest BCUT2D eigenvalue weighted by molar-refractivity contribution is 6.36. The van der Waals surface area contributed by atoms with Crippen LogP contribution in [-0.2, 0) is 22.6 Å². The van der Waals surface area contributed by atoms with E-state index in [0.29, 0.717) is 113 Å². The molecule has 19 nitrogen and oxygen atoms in total. The minimum absolute atomic E-state index is 0.0249. The van der Waals surface area contributed by atoms with Crippen molar-refractivity contribution in [1.29, 1.82) is 5.26 Å². The van der Waals surface area contributed by atoms with Crippen LogP contribution in [-0.4, -0.2) is 170 Å². The second-order valence-electron chi connectivity index (χ2n) is 20.6. The molecule has 3 amide bonds. The van der Waals surface area contributed by atoms with Crippen LogP contribution >= 0.6 is 11.6 Å². The number of carbonyl (C=O) groups is 3. The normalized spacial score (nSPS) is 19.1. The number of benzene rings is 4. The molecule has 77 heavy (non-hydrogen) atoms. The zero-order valence-electron chi connectivity index (χ0n) is 43.7. The molecule has 6 aromatic rings. The van der Waals surface area contributed by atoms with Crippen molar-refractivity contribution in [3.8, 4) is 40.7 Å². The number of amides is 3. The lowest BCUT2D eigenvalue weighted by Crippen LogP contribution is -2.55. The average Bonchev–Trinajstić information content (AvgIpc) is 4.09. The topological polar surface area (TPSA) is 213 Å². The number of aromatic hydroxyl groups is 2. The van der Waals surface area contributed by atoms with Gasteiger partial charge in [0, 0.05) is 106 Å². The molecule has 6 heterocycles. The van der Waals surface area contributed by atoms with Gasteiger partial charge >= 0.3 is 6.01 Å². The number of nitrogens with one attached hydrogen (secondary N) is 1. The highest BCUT2D eigenvalue weighted by Crippen LogP contribution is 2.40. The lowest BCUT2D eigenvalue weighted by Gasteiger charge is -2.42. The minimum atomic E-state index is -0.428. The number of nitrogens with zero attached hydrogens (tertiary/aromatic N) is 12. The molecule has 10 rings (SSSR count). The van der Waals surface area contributed by atoms with Crippen molar-refractivity contribution in [2.24, 2.45) is 5.92 Å². The number of rotatable bonds is 15. The summed E-state index contributed by atoms with van der Waals surface area (Å²) >= 11 is 6.81. The van der Waals surface area contributed by atoms with Crippen molar-refractivity contribution in [2.75, 3.05) is 95.4 Å². The maximum atomic E-state index is 14.1. The third-order valence-corrected chi connectivity index (χ3v) is 15.8. The molecule has 3 N–H and O–H groups in total. The van der Waals surface area contributed by atoms with Gasteiger partial charge in [-0.1, -0.05) is 74.5 Å². The molecule has 3 fully saturated rings. The van der Waals surface area contributed by atoms with E-state index in [1.807, 2.05) is 74.3 Å². The molecule has 0 radical (unpaired) electrons. The van der Waals surface area contributed by atoms with Crippen molar-refractivity contribution < 1.29 is 29.3 Å².